The molecular formula is C19H16ClNO. The second-order valence-electron chi connectivity index (χ2n) is 4.88. The molecule has 0 fully saturated rings. The Morgan fingerprint density at radius 3 is 2.73 bits per heavy atom. The maximum atomic E-state index is 6.02. The van der Waals surface area contributed by atoms with Crippen LogP contribution in [0.2, 0.25) is 5.02 Å². The SMILES string of the molecule is CCOc1ccccc1/C=C/c1ccc2ccc(Cl)cc2n1. The minimum atomic E-state index is 0.650. The van der Waals surface area contributed by atoms with Crippen LogP contribution in [0.5, 0.6) is 5.75 Å². The van der Waals surface area contributed by atoms with Crippen LogP contribution >= 0.6 is 11.6 Å². The highest BCUT2D eigenvalue weighted by molar-refractivity contribution is 6.31. The molecule has 0 N–H and O–H groups in total. The van der Waals surface area contributed by atoms with E-state index in [4.69, 9.17) is 16.3 Å². The molecule has 0 radical (unpaired) electrons. The quantitative estimate of drug-likeness (QED) is 0.638. The van der Waals surface area contributed by atoms with Gasteiger partial charge in [-0.1, -0.05) is 41.9 Å². The van der Waals surface area contributed by atoms with E-state index >= 15 is 0 Å². The fraction of sp³-hybridized carbons (Fsp3) is 0.105. The zero-order valence-electron chi connectivity index (χ0n) is 12.3. The Bertz CT molecular complexity index is 827. The molecule has 2 nitrogen and oxygen atoms in total. The van der Waals surface area contributed by atoms with Gasteiger partial charge < -0.3 is 4.74 Å². The van der Waals surface area contributed by atoms with E-state index in [0.29, 0.717) is 11.6 Å². The Morgan fingerprint density at radius 2 is 1.86 bits per heavy atom. The highest BCUT2D eigenvalue weighted by Gasteiger charge is 2.00. The van der Waals surface area contributed by atoms with E-state index in [1.807, 2.05) is 73.7 Å². The summed E-state index contributed by atoms with van der Waals surface area (Å²) in [7, 11) is 0. The zero-order chi connectivity index (χ0) is 15.4. The highest BCUT2D eigenvalue weighted by atomic mass is 35.5. The molecule has 0 unspecified atom stereocenters. The van der Waals surface area contributed by atoms with E-state index in [1.54, 1.807) is 0 Å². The summed E-state index contributed by atoms with van der Waals surface area (Å²) in [6.45, 7) is 2.63. The molecule has 0 aliphatic carbocycles. The number of fused-ring (bicyclic) bond motifs is 1. The first-order valence-corrected chi connectivity index (χ1v) is 7.60. The minimum Gasteiger partial charge on any atom is -0.493 e. The average Bonchev–Trinajstić information content (AvgIpc) is 2.54. The van der Waals surface area contributed by atoms with Crippen molar-refractivity contribution >= 4 is 34.7 Å². The van der Waals surface area contributed by atoms with Crippen LogP contribution < -0.4 is 4.74 Å². The van der Waals surface area contributed by atoms with Crippen molar-refractivity contribution < 1.29 is 4.74 Å². The molecule has 0 aliphatic heterocycles. The van der Waals surface area contributed by atoms with E-state index in [0.717, 1.165) is 27.9 Å². The molecule has 1 aromatic heterocycles. The maximum absolute atomic E-state index is 6.02. The van der Waals surface area contributed by atoms with Gasteiger partial charge in [-0.05, 0) is 43.3 Å². The van der Waals surface area contributed by atoms with Crippen molar-refractivity contribution in [3.63, 3.8) is 0 Å². The van der Waals surface area contributed by atoms with Crippen molar-refractivity contribution in [1.82, 2.24) is 4.98 Å². The number of aromatic nitrogens is 1. The summed E-state index contributed by atoms with van der Waals surface area (Å²) in [5.41, 5.74) is 2.83. The summed E-state index contributed by atoms with van der Waals surface area (Å²) in [5.74, 6) is 0.880. The Balaban J connectivity index is 1.92. The van der Waals surface area contributed by atoms with E-state index in [-0.39, 0.29) is 0 Å². The van der Waals surface area contributed by atoms with Gasteiger partial charge in [-0.3, -0.25) is 0 Å². The van der Waals surface area contributed by atoms with Gasteiger partial charge in [0.2, 0.25) is 0 Å². The monoisotopic (exact) mass is 309 g/mol. The van der Waals surface area contributed by atoms with Gasteiger partial charge in [-0.25, -0.2) is 4.98 Å². The Morgan fingerprint density at radius 1 is 1.05 bits per heavy atom. The first-order valence-electron chi connectivity index (χ1n) is 7.22. The Kier molecular flexibility index (Phi) is 4.40. The van der Waals surface area contributed by atoms with Crippen LogP contribution in [-0.2, 0) is 0 Å². The molecule has 3 aromatic rings. The van der Waals surface area contributed by atoms with Gasteiger partial charge in [0, 0.05) is 16.0 Å². The van der Waals surface area contributed by atoms with Crippen molar-refractivity contribution in [2.24, 2.45) is 0 Å². The normalized spacial score (nSPS) is 11.2. The molecule has 3 heteroatoms. The lowest BCUT2D eigenvalue weighted by molar-refractivity contribution is 0.339. The molecule has 2 aromatic carbocycles. The van der Waals surface area contributed by atoms with Crippen LogP contribution in [0, 0.1) is 0 Å². The largest absolute Gasteiger partial charge is 0.493 e. The third-order valence-corrected chi connectivity index (χ3v) is 3.56. The summed E-state index contributed by atoms with van der Waals surface area (Å²) in [6, 6.07) is 17.7. The maximum Gasteiger partial charge on any atom is 0.126 e. The van der Waals surface area contributed by atoms with Crippen LogP contribution in [0.25, 0.3) is 23.1 Å². The van der Waals surface area contributed by atoms with Gasteiger partial charge in [-0.15, -0.1) is 0 Å². The molecule has 0 atom stereocenters. The van der Waals surface area contributed by atoms with Crippen LogP contribution in [0.15, 0.2) is 54.6 Å². The Labute approximate surface area is 135 Å². The predicted octanol–water partition coefficient (Wildman–Crippen LogP) is 5.46. The number of hydrogen-bond acceptors (Lipinski definition) is 2. The number of hydrogen-bond donors (Lipinski definition) is 0. The van der Waals surface area contributed by atoms with Gasteiger partial charge in [-0.2, -0.15) is 0 Å². The summed E-state index contributed by atoms with van der Waals surface area (Å²) in [5, 5.41) is 1.78. The van der Waals surface area contributed by atoms with Gasteiger partial charge in [0.15, 0.2) is 0 Å². The molecule has 110 valence electrons. The number of para-hydroxylation sites is 1. The lowest BCUT2D eigenvalue weighted by atomic mass is 10.1. The van der Waals surface area contributed by atoms with Gasteiger partial charge >= 0.3 is 0 Å². The first kappa shape index (κ1) is 14.6. The van der Waals surface area contributed by atoms with Crippen molar-refractivity contribution in [1.29, 1.82) is 0 Å². The van der Waals surface area contributed by atoms with Crippen LogP contribution in [0.1, 0.15) is 18.2 Å². The fourth-order valence-corrected chi connectivity index (χ4v) is 2.45. The van der Waals surface area contributed by atoms with Gasteiger partial charge in [0.1, 0.15) is 5.75 Å². The zero-order valence-corrected chi connectivity index (χ0v) is 13.0. The van der Waals surface area contributed by atoms with Crippen LogP contribution in [0.3, 0.4) is 0 Å². The summed E-state index contributed by atoms with van der Waals surface area (Å²) in [4.78, 5) is 4.61. The topological polar surface area (TPSA) is 22.1 Å². The van der Waals surface area contributed by atoms with Crippen molar-refractivity contribution in [3.8, 4) is 5.75 Å². The first-order chi connectivity index (χ1) is 10.8. The fourth-order valence-electron chi connectivity index (χ4n) is 2.28. The third kappa shape index (κ3) is 3.29. The summed E-state index contributed by atoms with van der Waals surface area (Å²) >= 11 is 6.02. The van der Waals surface area contributed by atoms with E-state index in [1.165, 1.54) is 0 Å². The molecule has 3 rings (SSSR count). The number of benzene rings is 2. The second kappa shape index (κ2) is 6.63. The van der Waals surface area contributed by atoms with Gasteiger partial charge in [0.25, 0.3) is 0 Å². The minimum absolute atomic E-state index is 0.650. The highest BCUT2D eigenvalue weighted by Crippen LogP contribution is 2.22. The third-order valence-electron chi connectivity index (χ3n) is 3.33. The molecular weight excluding hydrogens is 294 g/mol. The van der Waals surface area contributed by atoms with Gasteiger partial charge in [0.05, 0.1) is 17.8 Å². The number of ether oxygens (including phenoxy) is 1. The van der Waals surface area contributed by atoms with E-state index in [2.05, 4.69) is 4.98 Å². The number of halogens is 1. The molecule has 0 spiro atoms. The molecule has 0 saturated heterocycles. The summed E-state index contributed by atoms with van der Waals surface area (Å²) < 4.78 is 5.62. The van der Waals surface area contributed by atoms with E-state index in [9.17, 15) is 0 Å². The predicted molar refractivity (Wildman–Crippen MR) is 93.3 cm³/mol. The molecule has 1 heterocycles. The second-order valence-corrected chi connectivity index (χ2v) is 5.31. The van der Waals surface area contributed by atoms with Crippen molar-refractivity contribution in [3.05, 3.63) is 70.9 Å². The smallest absolute Gasteiger partial charge is 0.126 e. The van der Waals surface area contributed by atoms with Crippen LogP contribution in [-0.4, -0.2) is 11.6 Å². The standard InChI is InChI=1S/C19H16ClNO/c1-2-22-19-6-4-3-5-15(19)9-12-17-11-8-14-7-10-16(20)13-18(14)21-17/h3-13H,2H2,1H3/b12-9+. The number of nitrogens with zero attached hydrogens (tertiary/aromatic N) is 1. The Hall–Kier alpha value is -2.32. The molecule has 22 heavy (non-hydrogen) atoms. The molecule has 0 amide bonds. The van der Waals surface area contributed by atoms with Crippen molar-refractivity contribution in [2.75, 3.05) is 6.61 Å². The number of rotatable bonds is 4. The molecule has 0 aliphatic rings. The lowest BCUT2D eigenvalue weighted by Crippen LogP contribution is -1.93. The number of pyridine rings is 1. The molecule has 0 saturated carbocycles. The lowest BCUT2D eigenvalue weighted by Gasteiger charge is -2.06. The summed E-state index contributed by atoms with van der Waals surface area (Å²) in [6.07, 6.45) is 4.00. The molecule has 0 bridgehead atoms. The average molecular weight is 310 g/mol. The van der Waals surface area contributed by atoms with E-state index < -0.39 is 0 Å². The van der Waals surface area contributed by atoms with Crippen LogP contribution in [0.4, 0.5) is 0 Å². The van der Waals surface area contributed by atoms with Crippen molar-refractivity contribution in [2.45, 2.75) is 6.92 Å².